The SMILES string of the molecule is CCC[C@H](C)Nc1ccc(N)cc1C(=O)N1CCCC1. The summed E-state index contributed by atoms with van der Waals surface area (Å²) >= 11 is 0. The van der Waals surface area contributed by atoms with Gasteiger partial charge in [-0.15, -0.1) is 0 Å². The maximum absolute atomic E-state index is 12.6. The average molecular weight is 275 g/mol. The van der Waals surface area contributed by atoms with Crippen LogP contribution in [0.1, 0.15) is 49.9 Å². The van der Waals surface area contributed by atoms with Gasteiger partial charge in [0, 0.05) is 30.5 Å². The van der Waals surface area contributed by atoms with Crippen LogP contribution >= 0.6 is 0 Å². The van der Waals surface area contributed by atoms with E-state index in [-0.39, 0.29) is 5.91 Å². The van der Waals surface area contributed by atoms with Gasteiger partial charge >= 0.3 is 0 Å². The van der Waals surface area contributed by atoms with Gasteiger partial charge < -0.3 is 16.0 Å². The number of carbonyl (C=O) groups is 1. The molecular weight excluding hydrogens is 250 g/mol. The van der Waals surface area contributed by atoms with Crippen molar-refractivity contribution in [1.29, 1.82) is 0 Å². The second kappa shape index (κ2) is 6.64. The van der Waals surface area contributed by atoms with Gasteiger partial charge in [-0.1, -0.05) is 13.3 Å². The highest BCUT2D eigenvalue weighted by atomic mass is 16.2. The number of rotatable bonds is 5. The first kappa shape index (κ1) is 14.7. The molecule has 0 aromatic heterocycles. The van der Waals surface area contributed by atoms with Crippen molar-refractivity contribution < 1.29 is 4.79 Å². The summed E-state index contributed by atoms with van der Waals surface area (Å²) in [5.41, 5.74) is 8.10. The number of nitrogens with two attached hydrogens (primary N) is 1. The maximum atomic E-state index is 12.6. The summed E-state index contributed by atoms with van der Waals surface area (Å²) in [5.74, 6) is 0.0981. The van der Waals surface area contributed by atoms with E-state index in [2.05, 4.69) is 19.2 Å². The van der Waals surface area contributed by atoms with Crippen molar-refractivity contribution in [1.82, 2.24) is 4.90 Å². The summed E-state index contributed by atoms with van der Waals surface area (Å²) in [6, 6.07) is 5.92. The number of nitrogens with zero attached hydrogens (tertiary/aromatic N) is 1. The van der Waals surface area contributed by atoms with E-state index in [1.54, 1.807) is 6.07 Å². The minimum Gasteiger partial charge on any atom is -0.399 e. The van der Waals surface area contributed by atoms with E-state index >= 15 is 0 Å². The van der Waals surface area contributed by atoms with Crippen LogP contribution in [0.4, 0.5) is 11.4 Å². The highest BCUT2D eigenvalue weighted by Gasteiger charge is 2.22. The van der Waals surface area contributed by atoms with Gasteiger partial charge in [0.1, 0.15) is 0 Å². The molecule has 1 amide bonds. The Bertz CT molecular complexity index is 467. The fraction of sp³-hybridized carbons (Fsp3) is 0.562. The van der Waals surface area contributed by atoms with Crippen LogP contribution in [0.5, 0.6) is 0 Å². The van der Waals surface area contributed by atoms with E-state index in [0.717, 1.165) is 44.5 Å². The standard InChI is InChI=1S/C16H25N3O/c1-3-6-12(2)18-15-8-7-13(17)11-14(15)16(20)19-9-4-5-10-19/h7-8,11-12,18H,3-6,9-10,17H2,1-2H3/t12-/m0/s1. The molecule has 0 unspecified atom stereocenters. The van der Waals surface area contributed by atoms with Gasteiger partial charge in [0.15, 0.2) is 0 Å². The lowest BCUT2D eigenvalue weighted by Crippen LogP contribution is -2.29. The normalized spacial score (nSPS) is 16.2. The smallest absolute Gasteiger partial charge is 0.256 e. The van der Waals surface area contributed by atoms with Crippen molar-refractivity contribution in [3.8, 4) is 0 Å². The molecule has 1 aliphatic rings. The molecule has 3 N–H and O–H groups in total. The number of nitrogen functional groups attached to an aromatic ring is 1. The van der Waals surface area contributed by atoms with Crippen molar-refractivity contribution >= 4 is 17.3 Å². The van der Waals surface area contributed by atoms with Gasteiger partial charge in [-0.3, -0.25) is 4.79 Å². The molecule has 20 heavy (non-hydrogen) atoms. The summed E-state index contributed by atoms with van der Waals surface area (Å²) in [5, 5.41) is 3.44. The zero-order chi connectivity index (χ0) is 14.5. The summed E-state index contributed by atoms with van der Waals surface area (Å²) in [7, 11) is 0. The Kier molecular flexibility index (Phi) is 4.88. The molecule has 0 saturated carbocycles. The van der Waals surface area contributed by atoms with Crippen LogP contribution in [0.2, 0.25) is 0 Å². The van der Waals surface area contributed by atoms with Crippen LogP contribution in [-0.4, -0.2) is 29.9 Å². The molecule has 1 aromatic rings. The Balaban J connectivity index is 2.20. The quantitative estimate of drug-likeness (QED) is 0.812. The number of carbonyl (C=O) groups excluding carboxylic acids is 1. The molecule has 4 nitrogen and oxygen atoms in total. The van der Waals surface area contributed by atoms with Gasteiger partial charge in [0.2, 0.25) is 0 Å². The van der Waals surface area contributed by atoms with Gasteiger partial charge in [-0.05, 0) is 44.4 Å². The molecule has 1 fully saturated rings. The largest absolute Gasteiger partial charge is 0.399 e. The molecule has 1 aromatic carbocycles. The van der Waals surface area contributed by atoms with Crippen molar-refractivity contribution in [2.24, 2.45) is 0 Å². The predicted octanol–water partition coefficient (Wildman–Crippen LogP) is 3.11. The first-order valence-corrected chi connectivity index (χ1v) is 7.57. The van der Waals surface area contributed by atoms with Crippen molar-refractivity contribution in [3.63, 3.8) is 0 Å². The third-order valence-electron chi connectivity index (χ3n) is 3.79. The zero-order valence-electron chi connectivity index (χ0n) is 12.5. The summed E-state index contributed by atoms with van der Waals surface area (Å²) < 4.78 is 0. The van der Waals surface area contributed by atoms with Crippen LogP contribution in [-0.2, 0) is 0 Å². The molecule has 1 saturated heterocycles. The number of amides is 1. The second-order valence-corrected chi connectivity index (χ2v) is 5.64. The predicted molar refractivity (Wildman–Crippen MR) is 84.0 cm³/mol. The third-order valence-corrected chi connectivity index (χ3v) is 3.79. The molecule has 0 spiro atoms. The number of anilines is 2. The fourth-order valence-electron chi connectivity index (χ4n) is 2.73. The Morgan fingerprint density at radius 1 is 1.40 bits per heavy atom. The van der Waals surface area contributed by atoms with Gasteiger partial charge in [0.25, 0.3) is 5.91 Å². The number of hydrogen-bond donors (Lipinski definition) is 2. The molecule has 2 rings (SSSR count). The topological polar surface area (TPSA) is 58.4 Å². The first-order chi connectivity index (χ1) is 9.61. The molecule has 4 heteroatoms. The molecule has 1 atom stereocenters. The minimum absolute atomic E-state index is 0.0981. The lowest BCUT2D eigenvalue weighted by molar-refractivity contribution is 0.0794. The molecule has 0 aliphatic carbocycles. The Morgan fingerprint density at radius 3 is 2.75 bits per heavy atom. The monoisotopic (exact) mass is 275 g/mol. The van der Waals surface area contributed by atoms with Gasteiger partial charge in [-0.2, -0.15) is 0 Å². The summed E-state index contributed by atoms with van der Waals surface area (Å²) in [6.07, 6.45) is 4.41. The van der Waals surface area contributed by atoms with Crippen LogP contribution in [0.25, 0.3) is 0 Å². The number of hydrogen-bond acceptors (Lipinski definition) is 3. The average Bonchev–Trinajstić information content (AvgIpc) is 2.94. The van der Waals surface area contributed by atoms with Crippen molar-refractivity contribution in [3.05, 3.63) is 23.8 Å². The molecule has 0 bridgehead atoms. The molecular formula is C16H25N3O. The van der Waals surface area contributed by atoms with Crippen LogP contribution in [0, 0.1) is 0 Å². The molecule has 1 aliphatic heterocycles. The Hall–Kier alpha value is -1.71. The van der Waals surface area contributed by atoms with E-state index < -0.39 is 0 Å². The third kappa shape index (κ3) is 3.44. The van der Waals surface area contributed by atoms with Crippen LogP contribution < -0.4 is 11.1 Å². The fourth-order valence-corrected chi connectivity index (χ4v) is 2.73. The molecule has 1 heterocycles. The second-order valence-electron chi connectivity index (χ2n) is 5.64. The lowest BCUT2D eigenvalue weighted by Gasteiger charge is -2.21. The molecule has 110 valence electrons. The highest BCUT2D eigenvalue weighted by Crippen LogP contribution is 2.24. The van der Waals surface area contributed by atoms with E-state index in [9.17, 15) is 4.79 Å². The minimum atomic E-state index is 0.0981. The van der Waals surface area contributed by atoms with Gasteiger partial charge in [-0.25, -0.2) is 0 Å². The highest BCUT2D eigenvalue weighted by molar-refractivity contribution is 6.00. The van der Waals surface area contributed by atoms with E-state index in [1.165, 1.54) is 0 Å². The lowest BCUT2D eigenvalue weighted by atomic mass is 10.1. The van der Waals surface area contributed by atoms with E-state index in [0.29, 0.717) is 17.3 Å². The maximum Gasteiger partial charge on any atom is 0.256 e. The molecule has 0 radical (unpaired) electrons. The Morgan fingerprint density at radius 2 is 2.10 bits per heavy atom. The van der Waals surface area contributed by atoms with E-state index in [4.69, 9.17) is 5.73 Å². The summed E-state index contributed by atoms with van der Waals surface area (Å²) in [4.78, 5) is 14.5. The zero-order valence-corrected chi connectivity index (χ0v) is 12.5. The van der Waals surface area contributed by atoms with Crippen LogP contribution in [0.3, 0.4) is 0 Å². The Labute approximate surface area is 121 Å². The van der Waals surface area contributed by atoms with Crippen molar-refractivity contribution in [2.75, 3.05) is 24.1 Å². The first-order valence-electron chi connectivity index (χ1n) is 7.57. The summed E-state index contributed by atoms with van der Waals surface area (Å²) in [6.45, 7) is 6.02. The number of benzene rings is 1. The van der Waals surface area contributed by atoms with Gasteiger partial charge in [0.05, 0.1) is 5.56 Å². The van der Waals surface area contributed by atoms with E-state index in [1.807, 2.05) is 17.0 Å². The number of likely N-dealkylation sites (tertiary alicyclic amines) is 1. The van der Waals surface area contributed by atoms with Crippen LogP contribution in [0.15, 0.2) is 18.2 Å². The number of nitrogens with one attached hydrogen (secondary N) is 1. The van der Waals surface area contributed by atoms with Crippen molar-refractivity contribution in [2.45, 2.75) is 45.6 Å².